The second kappa shape index (κ2) is 9.26. The zero-order valence-corrected chi connectivity index (χ0v) is 18.1. The minimum Gasteiger partial charge on any atom is -0.489 e. The number of nitrogens with one attached hydrogen (secondary N) is 1. The number of amides is 4. The van der Waals surface area contributed by atoms with E-state index >= 15 is 0 Å². The topological polar surface area (TPSA) is 75.7 Å². The van der Waals surface area contributed by atoms with E-state index in [2.05, 4.69) is 5.32 Å². The SMILES string of the molecule is O=C1NC(=O)N(c2ccc(OCc3ccc(Cl)cc3Cl)cc2)C(=O)/C1=C/c1ccccc1. The highest BCUT2D eigenvalue weighted by atomic mass is 35.5. The van der Waals surface area contributed by atoms with Crippen LogP contribution in [0.25, 0.3) is 6.08 Å². The number of ether oxygens (including phenoxy) is 1. The molecule has 1 aliphatic heterocycles. The van der Waals surface area contributed by atoms with Crippen molar-refractivity contribution in [2.24, 2.45) is 0 Å². The molecule has 1 saturated heterocycles. The molecule has 0 unspecified atom stereocenters. The summed E-state index contributed by atoms with van der Waals surface area (Å²) >= 11 is 12.1. The summed E-state index contributed by atoms with van der Waals surface area (Å²) in [5.74, 6) is -0.926. The highest BCUT2D eigenvalue weighted by Gasteiger charge is 2.36. The fraction of sp³-hybridized carbons (Fsp3) is 0.0417. The smallest absolute Gasteiger partial charge is 0.335 e. The third kappa shape index (κ3) is 4.66. The molecule has 1 aliphatic rings. The number of halogens is 2. The van der Waals surface area contributed by atoms with Crippen molar-refractivity contribution in [3.05, 3.63) is 99.5 Å². The van der Waals surface area contributed by atoms with Gasteiger partial charge < -0.3 is 4.74 Å². The van der Waals surface area contributed by atoms with Gasteiger partial charge in [0.2, 0.25) is 0 Å². The Balaban J connectivity index is 1.52. The Bertz CT molecular complexity index is 1220. The normalized spacial score (nSPS) is 15.1. The molecule has 4 amide bonds. The fourth-order valence-electron chi connectivity index (χ4n) is 3.10. The van der Waals surface area contributed by atoms with Crippen LogP contribution in [0.4, 0.5) is 10.5 Å². The molecule has 0 aromatic heterocycles. The molecule has 0 aliphatic carbocycles. The molecular weight excluding hydrogens is 451 g/mol. The molecule has 3 aromatic rings. The third-order valence-corrected chi connectivity index (χ3v) is 5.30. The Morgan fingerprint density at radius 3 is 2.31 bits per heavy atom. The number of anilines is 1. The van der Waals surface area contributed by atoms with Crippen molar-refractivity contribution in [2.75, 3.05) is 4.90 Å². The monoisotopic (exact) mass is 466 g/mol. The van der Waals surface area contributed by atoms with Gasteiger partial charge in [-0.1, -0.05) is 59.6 Å². The number of imide groups is 2. The molecule has 1 fully saturated rings. The van der Waals surface area contributed by atoms with E-state index in [0.29, 0.717) is 27.0 Å². The molecule has 160 valence electrons. The van der Waals surface area contributed by atoms with E-state index in [0.717, 1.165) is 10.5 Å². The summed E-state index contributed by atoms with van der Waals surface area (Å²) in [7, 11) is 0. The maximum Gasteiger partial charge on any atom is 0.335 e. The highest BCUT2D eigenvalue weighted by molar-refractivity contribution is 6.39. The van der Waals surface area contributed by atoms with Crippen LogP contribution < -0.4 is 15.0 Å². The molecule has 0 bridgehead atoms. The molecule has 0 atom stereocenters. The Morgan fingerprint density at radius 1 is 0.906 bits per heavy atom. The van der Waals surface area contributed by atoms with Crippen molar-refractivity contribution >= 4 is 52.8 Å². The van der Waals surface area contributed by atoms with E-state index in [1.165, 1.54) is 6.08 Å². The van der Waals surface area contributed by atoms with Crippen LogP contribution in [0.3, 0.4) is 0 Å². The van der Waals surface area contributed by atoms with Crippen LogP contribution >= 0.6 is 23.2 Å². The van der Waals surface area contributed by atoms with Crippen LogP contribution in [0.1, 0.15) is 11.1 Å². The summed E-state index contributed by atoms with van der Waals surface area (Å²) in [6.07, 6.45) is 1.45. The third-order valence-electron chi connectivity index (χ3n) is 4.72. The average Bonchev–Trinajstić information content (AvgIpc) is 2.77. The molecule has 1 heterocycles. The number of carbonyl (C=O) groups excluding carboxylic acids is 3. The van der Waals surface area contributed by atoms with Gasteiger partial charge in [0.05, 0.1) is 5.69 Å². The lowest BCUT2D eigenvalue weighted by Crippen LogP contribution is -2.54. The van der Waals surface area contributed by atoms with E-state index in [4.69, 9.17) is 27.9 Å². The lowest BCUT2D eigenvalue weighted by molar-refractivity contribution is -0.122. The molecule has 0 spiro atoms. The van der Waals surface area contributed by atoms with Gasteiger partial charge in [-0.05, 0) is 48.0 Å². The molecular formula is C24H16Cl2N2O4. The summed E-state index contributed by atoms with van der Waals surface area (Å²) < 4.78 is 5.73. The van der Waals surface area contributed by atoms with Gasteiger partial charge in [0.25, 0.3) is 11.8 Å². The molecule has 4 rings (SSSR count). The molecule has 8 heteroatoms. The van der Waals surface area contributed by atoms with Crippen molar-refractivity contribution in [1.82, 2.24) is 5.32 Å². The molecule has 3 aromatic carbocycles. The van der Waals surface area contributed by atoms with Crippen molar-refractivity contribution < 1.29 is 19.1 Å². The zero-order valence-electron chi connectivity index (χ0n) is 16.5. The lowest BCUT2D eigenvalue weighted by Gasteiger charge is -2.26. The van der Waals surface area contributed by atoms with E-state index in [9.17, 15) is 14.4 Å². The van der Waals surface area contributed by atoms with Gasteiger partial charge in [-0.15, -0.1) is 0 Å². The van der Waals surface area contributed by atoms with Crippen molar-refractivity contribution in [3.8, 4) is 5.75 Å². The first kappa shape index (κ1) is 21.6. The number of rotatable bonds is 5. The number of benzene rings is 3. The van der Waals surface area contributed by atoms with Crippen LogP contribution in [-0.2, 0) is 16.2 Å². The standard InChI is InChI=1S/C24H16Cl2N2O4/c25-17-7-6-16(21(26)13-17)14-32-19-10-8-18(9-11-19)28-23(30)20(22(29)27-24(28)31)12-15-4-2-1-3-5-15/h1-13H,14H2,(H,27,29,31)/b20-12+. The predicted octanol–water partition coefficient (Wildman–Crippen LogP) is 5.24. The summed E-state index contributed by atoms with van der Waals surface area (Å²) in [5, 5.41) is 3.23. The van der Waals surface area contributed by atoms with Crippen molar-refractivity contribution in [1.29, 1.82) is 0 Å². The van der Waals surface area contributed by atoms with Crippen molar-refractivity contribution in [3.63, 3.8) is 0 Å². The van der Waals surface area contributed by atoms with Crippen molar-refractivity contribution in [2.45, 2.75) is 6.61 Å². The maximum absolute atomic E-state index is 12.9. The van der Waals surface area contributed by atoms with Crippen LogP contribution in [0, 0.1) is 0 Å². The first-order valence-electron chi connectivity index (χ1n) is 9.55. The van der Waals surface area contributed by atoms with E-state index in [1.807, 2.05) is 6.07 Å². The minimum absolute atomic E-state index is 0.131. The summed E-state index contributed by atoms with van der Waals surface area (Å²) in [6, 6.07) is 19.6. The zero-order chi connectivity index (χ0) is 22.7. The number of hydrogen-bond acceptors (Lipinski definition) is 4. The lowest BCUT2D eigenvalue weighted by atomic mass is 10.1. The van der Waals surface area contributed by atoms with Gasteiger partial charge in [-0.3, -0.25) is 14.9 Å². The Morgan fingerprint density at radius 2 is 1.62 bits per heavy atom. The van der Waals surface area contributed by atoms with Gasteiger partial charge in [0, 0.05) is 15.6 Å². The summed E-state index contributed by atoms with van der Waals surface area (Å²) in [4.78, 5) is 38.4. The maximum atomic E-state index is 12.9. The molecule has 0 saturated carbocycles. The van der Waals surface area contributed by atoms with Crippen LogP contribution in [0.5, 0.6) is 5.75 Å². The molecule has 32 heavy (non-hydrogen) atoms. The van der Waals surface area contributed by atoms with Gasteiger partial charge >= 0.3 is 6.03 Å². The molecule has 1 N–H and O–H groups in total. The summed E-state index contributed by atoms with van der Waals surface area (Å²) in [6.45, 7) is 0.219. The van der Waals surface area contributed by atoms with Gasteiger partial charge in [0.1, 0.15) is 17.9 Å². The van der Waals surface area contributed by atoms with Crippen LogP contribution in [0.2, 0.25) is 10.0 Å². The molecule has 6 nitrogen and oxygen atoms in total. The number of carbonyl (C=O) groups is 3. The first-order valence-corrected chi connectivity index (χ1v) is 10.3. The fourth-order valence-corrected chi connectivity index (χ4v) is 3.56. The quantitative estimate of drug-likeness (QED) is 0.412. The predicted molar refractivity (Wildman–Crippen MR) is 123 cm³/mol. The minimum atomic E-state index is -0.813. The summed E-state index contributed by atoms with van der Waals surface area (Å²) in [5.41, 5.74) is 1.61. The van der Waals surface area contributed by atoms with Gasteiger partial charge in [-0.2, -0.15) is 0 Å². The Kier molecular flexibility index (Phi) is 6.25. The first-order chi connectivity index (χ1) is 15.4. The Labute approximate surface area is 194 Å². The van der Waals surface area contributed by atoms with E-state index in [1.54, 1.807) is 66.7 Å². The van der Waals surface area contributed by atoms with Gasteiger partial charge in [0.15, 0.2) is 0 Å². The Hall–Kier alpha value is -3.61. The average molecular weight is 467 g/mol. The van der Waals surface area contributed by atoms with Crippen LogP contribution in [0.15, 0.2) is 78.4 Å². The van der Waals surface area contributed by atoms with Gasteiger partial charge in [-0.25, -0.2) is 9.69 Å². The largest absolute Gasteiger partial charge is 0.489 e. The van der Waals surface area contributed by atoms with Crippen LogP contribution in [-0.4, -0.2) is 17.8 Å². The molecule has 0 radical (unpaired) electrons. The number of barbiturate groups is 1. The van der Waals surface area contributed by atoms with E-state index < -0.39 is 17.8 Å². The second-order valence-electron chi connectivity index (χ2n) is 6.89. The second-order valence-corrected chi connectivity index (χ2v) is 7.73. The van der Waals surface area contributed by atoms with E-state index in [-0.39, 0.29) is 12.2 Å². The number of nitrogens with zero attached hydrogens (tertiary/aromatic N) is 1. The number of hydrogen-bond donors (Lipinski definition) is 1. The number of urea groups is 1. The highest BCUT2D eigenvalue weighted by Crippen LogP contribution is 2.26.